The van der Waals surface area contributed by atoms with E-state index < -0.39 is 81.9 Å². The quantitative estimate of drug-likeness (QED) is 0.0432. The van der Waals surface area contributed by atoms with E-state index in [1.165, 1.54) is 91.1 Å². The smallest absolute Gasteiger partial charge is 0.243 e. The maximum Gasteiger partial charge on any atom is 0.243 e. The number of fused-ring (bicyclic) bond motifs is 8. The summed E-state index contributed by atoms with van der Waals surface area (Å²) >= 11 is 11.6. The number of halogens is 2. The Morgan fingerprint density at radius 2 is 0.620 bits per heavy atom. The average molecular weight is 1960 g/mol. The number of aliphatic hydroxyl groups excluding tert-OH is 4. The number of Topliss-reactive ketones (excluding diaryl/α,β-unsaturated/α-hetero) is 8. The van der Waals surface area contributed by atoms with Crippen molar-refractivity contribution < 1.29 is 111 Å². The Balaban J connectivity index is 0.000000127. The lowest BCUT2D eigenvalue weighted by Gasteiger charge is -2.45. The van der Waals surface area contributed by atoms with Crippen molar-refractivity contribution in [2.75, 3.05) is 143 Å². The van der Waals surface area contributed by atoms with E-state index in [0.717, 1.165) is 127 Å². The fourth-order valence-corrected chi connectivity index (χ4v) is 24.0. The second-order valence-corrected chi connectivity index (χ2v) is 40.6. The lowest BCUT2D eigenvalue weighted by molar-refractivity contribution is -0.112. The second-order valence-electron chi connectivity index (χ2n) is 36.2. The third-order valence-corrected chi connectivity index (χ3v) is 32.3. The average Bonchev–Trinajstić information content (AvgIpc) is 0.746. The lowest BCUT2D eigenvalue weighted by atomic mass is 9.89. The standard InChI is InChI=1S/C27H29NO5S.C26H26ClNO6S.C26H26FNO6S.C26H27NO5S/c1-2-18-7-9-20(10-8-18)32-16-19(29)15-28-13-11-27(12-14-28)17-34-26-24(31)23(30)21-5-3-4-6-22(21)25(26)33-27;2*1-32-19-6-7-20-21(12-19)22(30)23(31)25-24(20)34-26(15-35-25)8-10-28(11-9-26)13-17(29)14-33-18-4-2-16(27)3-5-18;1-31-19-7-8-20-21(14-19)24-25(23(30)22(20)29)33-16-26(32-24)9-11-27(12-10-26)15-18(28)13-17-5-3-2-4-6-17/h3-10,19,29H,2,11-17H2,1H3;2*2-7,12,17,29H,8-11,13-15H2,1H3;2-8,14,18,28H,9-13,15-16H2,1H3/t19-;2*17-;18-/m0001/s1. The van der Waals surface area contributed by atoms with Crippen molar-refractivity contribution in [1.82, 2.24) is 19.6 Å². The third-order valence-electron chi connectivity index (χ3n) is 26.8. The second kappa shape index (κ2) is 43.0. The molecule has 0 bridgehead atoms. The van der Waals surface area contributed by atoms with Gasteiger partial charge in [-0.3, -0.25) is 38.4 Å². The van der Waals surface area contributed by atoms with Crippen molar-refractivity contribution in [3.8, 4) is 34.5 Å². The van der Waals surface area contributed by atoms with Crippen LogP contribution in [0.25, 0.3) is 23.0 Å². The zero-order valence-electron chi connectivity index (χ0n) is 76.5. The highest BCUT2D eigenvalue weighted by molar-refractivity contribution is 8.05. The van der Waals surface area contributed by atoms with Crippen LogP contribution < -0.4 is 28.4 Å². The van der Waals surface area contributed by atoms with Crippen LogP contribution in [0.1, 0.15) is 133 Å². The fourth-order valence-electron chi connectivity index (χ4n) is 18.8. The van der Waals surface area contributed by atoms with Gasteiger partial charge in [-0.1, -0.05) is 85.3 Å². The van der Waals surface area contributed by atoms with Crippen molar-refractivity contribution in [1.29, 1.82) is 0 Å². The molecule has 26 nitrogen and oxygen atoms in total. The zero-order valence-corrected chi connectivity index (χ0v) is 80.5. The van der Waals surface area contributed by atoms with E-state index in [0.29, 0.717) is 171 Å². The Morgan fingerprint density at radius 3 is 0.978 bits per heavy atom. The van der Waals surface area contributed by atoms with E-state index in [2.05, 4.69) is 26.5 Å². The molecule has 8 aromatic carbocycles. The molecule has 0 saturated carbocycles. The number of nitrogens with zero attached hydrogens (tertiary/aromatic N) is 4. The van der Waals surface area contributed by atoms with Crippen LogP contribution in [0.3, 0.4) is 0 Å². The number of benzene rings is 8. The first-order valence-corrected chi connectivity index (χ1v) is 50.4. The Kier molecular flexibility index (Phi) is 30.8. The van der Waals surface area contributed by atoms with Crippen LogP contribution in [0.15, 0.2) is 202 Å². The summed E-state index contributed by atoms with van der Waals surface area (Å²) in [7, 11) is 4.62. The number of methoxy groups -OCH3 is 3. The van der Waals surface area contributed by atoms with E-state index in [-0.39, 0.29) is 36.8 Å². The molecule has 4 fully saturated rings. The van der Waals surface area contributed by atoms with Gasteiger partial charge in [0, 0.05) is 202 Å². The molecule has 4 atom stereocenters. The molecule has 0 radical (unpaired) electrons. The number of allylic oxidation sites excluding steroid dienone is 4. The van der Waals surface area contributed by atoms with E-state index in [4.69, 9.17) is 59.0 Å². The number of ether oxygens (including phenoxy) is 10. The van der Waals surface area contributed by atoms with Gasteiger partial charge in [-0.25, -0.2) is 4.39 Å². The molecule has 32 heteroatoms. The van der Waals surface area contributed by atoms with Gasteiger partial charge in [-0.2, -0.15) is 0 Å². The highest BCUT2D eigenvalue weighted by Gasteiger charge is 2.52. The number of hydrogen-bond donors (Lipinski definition) is 4. The molecule has 0 unspecified atom stereocenters. The molecule has 0 amide bonds. The number of piperidine rings is 4. The van der Waals surface area contributed by atoms with Crippen LogP contribution in [0.5, 0.6) is 34.5 Å². The number of aliphatic hydroxyl groups is 4. The van der Waals surface area contributed by atoms with E-state index in [1.54, 1.807) is 98.1 Å². The minimum atomic E-state index is -0.686. The number of rotatable bonds is 23. The van der Waals surface area contributed by atoms with Crippen LogP contribution in [-0.2, 0) is 51.0 Å². The minimum absolute atomic E-state index is 0.117. The van der Waals surface area contributed by atoms with Crippen molar-refractivity contribution in [2.24, 2.45) is 0 Å². The molecule has 8 heterocycles. The van der Waals surface area contributed by atoms with Crippen LogP contribution in [0, 0.1) is 5.82 Å². The molecule has 8 aliphatic heterocycles. The Hall–Kier alpha value is -10.6. The minimum Gasteiger partial charge on any atom is -0.497 e. The van der Waals surface area contributed by atoms with Gasteiger partial charge in [0.1, 0.15) is 144 Å². The van der Waals surface area contributed by atoms with Gasteiger partial charge in [-0.15, -0.1) is 47.0 Å². The number of ketones is 8. The van der Waals surface area contributed by atoms with Crippen LogP contribution >= 0.6 is 58.6 Å². The summed E-state index contributed by atoms with van der Waals surface area (Å²) in [6.45, 7) is 11.0. The van der Waals surface area contributed by atoms with Crippen LogP contribution in [-0.4, -0.2) is 276 Å². The molecule has 12 aliphatic rings. The molecule has 4 aliphatic carbocycles. The van der Waals surface area contributed by atoms with Gasteiger partial charge in [0.15, 0.2) is 0 Å². The molecule has 137 heavy (non-hydrogen) atoms. The summed E-state index contributed by atoms with van der Waals surface area (Å²) in [6.07, 6.45) is 5.50. The molecule has 4 spiro atoms. The summed E-state index contributed by atoms with van der Waals surface area (Å²) in [5, 5.41) is 42.6. The molecule has 20 rings (SSSR count). The number of carbonyl (C=O) groups is 8. The van der Waals surface area contributed by atoms with E-state index in [1.807, 2.05) is 66.7 Å². The maximum absolute atomic E-state index is 13.0. The first-order valence-electron chi connectivity index (χ1n) is 46.1. The first-order chi connectivity index (χ1) is 66.2. The number of aryl methyl sites for hydroxylation is 1. The van der Waals surface area contributed by atoms with Crippen molar-refractivity contribution in [3.05, 3.63) is 268 Å². The number of β-amino-alcohol motifs (C(OH)–C–C–N with tert-alkyl or cyclic N) is 4. The molecule has 4 saturated heterocycles. The van der Waals surface area contributed by atoms with Crippen molar-refractivity contribution in [3.63, 3.8) is 0 Å². The molecule has 718 valence electrons. The topological polar surface area (TPSA) is 323 Å². The fraction of sp³-hybridized carbons (Fsp3) is 0.390. The van der Waals surface area contributed by atoms with Gasteiger partial charge in [-0.05, 0) is 139 Å². The number of likely N-dealkylation sites (tertiary alicyclic amines) is 4. The first kappa shape index (κ1) is 98.0. The van der Waals surface area contributed by atoms with E-state index >= 15 is 0 Å². The number of carbonyl (C=O) groups excluding carboxylic acids is 8. The lowest BCUT2D eigenvalue weighted by Crippen LogP contribution is -2.51. The van der Waals surface area contributed by atoms with Gasteiger partial charge < -0.3 is 87.4 Å². The monoisotopic (exact) mass is 1960 g/mol. The molecular formula is C105H108ClFN4O22S4. The van der Waals surface area contributed by atoms with E-state index in [9.17, 15) is 63.2 Å². The van der Waals surface area contributed by atoms with Gasteiger partial charge in [0.2, 0.25) is 46.3 Å². The predicted octanol–water partition coefficient (Wildman–Crippen LogP) is 14.2. The van der Waals surface area contributed by atoms with Crippen LogP contribution in [0.2, 0.25) is 5.02 Å². The van der Waals surface area contributed by atoms with Crippen LogP contribution in [0.4, 0.5) is 4.39 Å². The third kappa shape index (κ3) is 22.3. The summed E-state index contributed by atoms with van der Waals surface area (Å²) < 4.78 is 71.9. The summed E-state index contributed by atoms with van der Waals surface area (Å²) in [5.41, 5.74) is 4.87. The van der Waals surface area contributed by atoms with Crippen molar-refractivity contribution >= 4 is 128 Å². The molecule has 4 N–H and O–H groups in total. The highest BCUT2D eigenvalue weighted by atomic mass is 35.5. The molecular weight excluding hydrogens is 1850 g/mol. The Bertz CT molecular complexity index is 5840. The van der Waals surface area contributed by atoms with Gasteiger partial charge in [0.05, 0.1) is 27.4 Å². The number of hydrogen-bond acceptors (Lipinski definition) is 30. The highest BCUT2D eigenvalue weighted by Crippen LogP contribution is 2.53. The largest absolute Gasteiger partial charge is 0.497 e. The van der Waals surface area contributed by atoms with Crippen molar-refractivity contribution in [2.45, 2.75) is 118 Å². The number of thioether (sulfide) groups is 4. The molecule has 8 aromatic rings. The molecule has 0 aromatic heterocycles. The SMILES string of the molecule is CCc1ccc(OC[C@@H](O)CN2CCC3(CC2)CSC2=C(O3)c3ccccc3C(=O)C2=O)cc1.COc1ccc2c(c1)C(=O)C(=O)C1=C2OC2(CCN(C[C@H](O)COc3ccc(Cl)cc3)CC2)CS1.COc1ccc2c(c1)C(=O)C(=O)C1=C2OC2(CCN(C[C@H](O)COc3ccc(F)cc3)CC2)CS1.COc1ccc2c(c1)C1=C(SCC3(CCN(C[C@H](O)Cc4ccccc4)CC3)O1)C(=O)C2=O. The van der Waals surface area contributed by atoms with Gasteiger partial charge in [0.25, 0.3) is 0 Å². The zero-order chi connectivity index (χ0) is 95.9. The Morgan fingerprint density at radius 1 is 0.336 bits per heavy atom. The summed E-state index contributed by atoms with van der Waals surface area (Å²) in [5.74, 6) is 3.90. The van der Waals surface area contributed by atoms with Gasteiger partial charge >= 0.3 is 0 Å². The Labute approximate surface area is 815 Å². The predicted molar refractivity (Wildman–Crippen MR) is 523 cm³/mol. The summed E-state index contributed by atoms with van der Waals surface area (Å²) in [4.78, 5) is 112. The normalized spacial score (nSPS) is 20.4. The maximum atomic E-state index is 13.0. The summed E-state index contributed by atoms with van der Waals surface area (Å²) in [6, 6.07) is 53.4.